The molecule has 0 amide bonds. The lowest BCUT2D eigenvalue weighted by atomic mass is 9.77. The zero-order chi connectivity index (χ0) is 11.7. The Morgan fingerprint density at radius 2 is 2.00 bits per heavy atom. The highest BCUT2D eigenvalue weighted by Crippen LogP contribution is 2.31. The molecule has 92 valence electrons. The van der Waals surface area contributed by atoms with E-state index in [4.69, 9.17) is 0 Å². The Balaban J connectivity index is 1.71. The predicted octanol–water partition coefficient (Wildman–Crippen LogP) is 3.11. The molecule has 2 aliphatic carbocycles. The van der Waals surface area contributed by atoms with Crippen LogP contribution in [0.15, 0.2) is 18.2 Å². The van der Waals surface area contributed by atoms with Crippen molar-refractivity contribution >= 4 is 0 Å². The number of nitrogens with one attached hydrogen (secondary N) is 1. The summed E-state index contributed by atoms with van der Waals surface area (Å²) < 4.78 is 0. The molecule has 1 N–H and O–H groups in total. The average molecular weight is 229 g/mol. The zero-order valence-electron chi connectivity index (χ0n) is 10.8. The van der Waals surface area contributed by atoms with Crippen LogP contribution in [0.1, 0.15) is 42.4 Å². The number of fused-ring (bicyclic) bond motifs is 1. The van der Waals surface area contributed by atoms with E-state index >= 15 is 0 Å². The second-order valence-electron chi connectivity index (χ2n) is 5.75. The molecular weight excluding hydrogens is 206 g/mol. The first-order chi connectivity index (χ1) is 8.36. The molecule has 1 saturated carbocycles. The minimum Gasteiger partial charge on any atom is -0.316 e. The Kier molecular flexibility index (Phi) is 3.19. The van der Waals surface area contributed by atoms with Crippen molar-refractivity contribution in [2.45, 2.75) is 51.0 Å². The summed E-state index contributed by atoms with van der Waals surface area (Å²) in [6, 6.07) is 7.88. The van der Waals surface area contributed by atoms with Gasteiger partial charge in [-0.25, -0.2) is 0 Å². The highest BCUT2D eigenvalue weighted by Gasteiger charge is 2.26. The molecule has 0 spiro atoms. The topological polar surface area (TPSA) is 12.0 Å². The van der Waals surface area contributed by atoms with Crippen molar-refractivity contribution < 1.29 is 0 Å². The summed E-state index contributed by atoms with van der Waals surface area (Å²) in [5, 5.41) is 3.52. The number of hydrogen-bond acceptors (Lipinski definition) is 1. The van der Waals surface area contributed by atoms with E-state index in [0.717, 1.165) is 5.92 Å². The van der Waals surface area contributed by atoms with Gasteiger partial charge in [-0.15, -0.1) is 0 Å². The minimum absolute atomic E-state index is 0.697. The average Bonchev–Trinajstić information content (AvgIpc) is 2.72. The summed E-state index contributed by atoms with van der Waals surface area (Å²) in [6.07, 6.45) is 9.47. The van der Waals surface area contributed by atoms with E-state index < -0.39 is 0 Å². The van der Waals surface area contributed by atoms with E-state index in [2.05, 4.69) is 30.6 Å². The van der Waals surface area contributed by atoms with Crippen LogP contribution >= 0.6 is 0 Å². The molecule has 1 fully saturated rings. The van der Waals surface area contributed by atoms with Gasteiger partial charge in [-0.2, -0.15) is 0 Å². The SMILES string of the molecule is CNC(Cc1ccc2c(c1)CCC2)C1CCC1. The van der Waals surface area contributed by atoms with Crippen molar-refractivity contribution in [3.63, 3.8) is 0 Å². The summed E-state index contributed by atoms with van der Waals surface area (Å²) >= 11 is 0. The third-order valence-electron chi connectivity index (χ3n) is 4.71. The normalized spacial score (nSPS) is 21.0. The molecule has 17 heavy (non-hydrogen) atoms. The van der Waals surface area contributed by atoms with Gasteiger partial charge in [-0.05, 0) is 68.2 Å². The van der Waals surface area contributed by atoms with Gasteiger partial charge in [-0.3, -0.25) is 0 Å². The second kappa shape index (κ2) is 4.81. The van der Waals surface area contributed by atoms with Crippen LogP contribution in [0, 0.1) is 5.92 Å². The Morgan fingerprint density at radius 3 is 2.71 bits per heavy atom. The van der Waals surface area contributed by atoms with Gasteiger partial charge in [0.05, 0.1) is 0 Å². The molecule has 2 aliphatic rings. The van der Waals surface area contributed by atoms with E-state index in [1.807, 2.05) is 0 Å². The molecule has 0 saturated heterocycles. The number of rotatable bonds is 4. The lowest BCUT2D eigenvalue weighted by Crippen LogP contribution is -2.39. The monoisotopic (exact) mass is 229 g/mol. The fourth-order valence-electron chi connectivity index (χ4n) is 3.35. The van der Waals surface area contributed by atoms with Gasteiger partial charge in [0.25, 0.3) is 0 Å². The molecule has 0 radical (unpaired) electrons. The van der Waals surface area contributed by atoms with E-state index in [1.165, 1.54) is 50.5 Å². The van der Waals surface area contributed by atoms with Crippen molar-refractivity contribution in [3.8, 4) is 0 Å². The maximum absolute atomic E-state index is 3.52. The molecule has 0 bridgehead atoms. The highest BCUT2D eigenvalue weighted by molar-refractivity contribution is 5.35. The van der Waals surface area contributed by atoms with E-state index in [1.54, 1.807) is 11.1 Å². The Labute approximate surface area is 105 Å². The van der Waals surface area contributed by atoms with Crippen LogP contribution in [0.5, 0.6) is 0 Å². The second-order valence-corrected chi connectivity index (χ2v) is 5.75. The van der Waals surface area contributed by atoms with Crippen molar-refractivity contribution in [2.75, 3.05) is 7.05 Å². The van der Waals surface area contributed by atoms with E-state index in [-0.39, 0.29) is 0 Å². The summed E-state index contributed by atoms with van der Waals surface area (Å²) in [6.45, 7) is 0. The molecule has 1 aromatic carbocycles. The zero-order valence-corrected chi connectivity index (χ0v) is 10.8. The summed E-state index contributed by atoms with van der Waals surface area (Å²) in [5.41, 5.74) is 4.75. The van der Waals surface area contributed by atoms with Gasteiger partial charge in [0, 0.05) is 6.04 Å². The molecule has 1 atom stereocenters. The summed E-state index contributed by atoms with van der Waals surface area (Å²) in [5.74, 6) is 0.924. The fourth-order valence-corrected chi connectivity index (χ4v) is 3.35. The Bertz CT molecular complexity index is 393. The molecule has 0 heterocycles. The maximum atomic E-state index is 3.52. The van der Waals surface area contributed by atoms with Gasteiger partial charge < -0.3 is 5.32 Å². The van der Waals surface area contributed by atoms with Crippen LogP contribution < -0.4 is 5.32 Å². The van der Waals surface area contributed by atoms with Gasteiger partial charge in [0.15, 0.2) is 0 Å². The molecule has 1 aromatic rings. The van der Waals surface area contributed by atoms with Gasteiger partial charge >= 0.3 is 0 Å². The standard InChI is InChI=1S/C16H23N/c1-17-16(14-5-3-6-14)11-12-8-9-13-4-2-7-15(13)10-12/h8-10,14,16-17H,2-7,11H2,1H3. The first-order valence-electron chi connectivity index (χ1n) is 7.15. The summed E-state index contributed by atoms with van der Waals surface area (Å²) in [4.78, 5) is 0. The Hall–Kier alpha value is -0.820. The minimum atomic E-state index is 0.697. The molecule has 0 aromatic heterocycles. The molecule has 1 unspecified atom stereocenters. The molecule has 1 nitrogen and oxygen atoms in total. The van der Waals surface area contributed by atoms with Crippen LogP contribution in [0.2, 0.25) is 0 Å². The van der Waals surface area contributed by atoms with Crippen molar-refractivity contribution in [1.82, 2.24) is 5.32 Å². The fraction of sp³-hybridized carbons (Fsp3) is 0.625. The third-order valence-corrected chi connectivity index (χ3v) is 4.71. The van der Waals surface area contributed by atoms with Crippen LogP contribution in [0.3, 0.4) is 0 Å². The molecule has 0 aliphatic heterocycles. The van der Waals surface area contributed by atoms with Gasteiger partial charge in [0.2, 0.25) is 0 Å². The van der Waals surface area contributed by atoms with Gasteiger partial charge in [-0.1, -0.05) is 24.6 Å². The van der Waals surface area contributed by atoms with E-state index in [9.17, 15) is 0 Å². The first kappa shape index (κ1) is 11.3. The van der Waals surface area contributed by atoms with Gasteiger partial charge in [0.1, 0.15) is 0 Å². The lowest BCUT2D eigenvalue weighted by molar-refractivity contribution is 0.236. The molecule has 3 rings (SSSR count). The van der Waals surface area contributed by atoms with Crippen LogP contribution in [0.25, 0.3) is 0 Å². The van der Waals surface area contributed by atoms with Crippen molar-refractivity contribution in [1.29, 1.82) is 0 Å². The molecular formula is C16H23N. The number of benzene rings is 1. The Morgan fingerprint density at radius 1 is 1.18 bits per heavy atom. The number of hydrogen-bond donors (Lipinski definition) is 1. The quantitative estimate of drug-likeness (QED) is 0.836. The number of aryl methyl sites for hydroxylation is 2. The highest BCUT2D eigenvalue weighted by atomic mass is 14.9. The van der Waals surface area contributed by atoms with E-state index in [0.29, 0.717) is 6.04 Å². The third kappa shape index (κ3) is 2.26. The van der Waals surface area contributed by atoms with Crippen molar-refractivity contribution in [2.24, 2.45) is 5.92 Å². The maximum Gasteiger partial charge on any atom is 0.0133 e. The molecule has 1 heteroatoms. The van der Waals surface area contributed by atoms with Crippen molar-refractivity contribution in [3.05, 3.63) is 34.9 Å². The van der Waals surface area contributed by atoms with Crippen LogP contribution in [-0.4, -0.2) is 13.1 Å². The lowest BCUT2D eigenvalue weighted by Gasteiger charge is -2.33. The smallest absolute Gasteiger partial charge is 0.0133 e. The number of likely N-dealkylation sites (N-methyl/N-ethyl adjacent to an activating group) is 1. The van der Waals surface area contributed by atoms with Crippen LogP contribution in [0.4, 0.5) is 0 Å². The largest absolute Gasteiger partial charge is 0.316 e. The van der Waals surface area contributed by atoms with Crippen LogP contribution in [-0.2, 0) is 19.3 Å². The predicted molar refractivity (Wildman–Crippen MR) is 72.4 cm³/mol. The first-order valence-corrected chi connectivity index (χ1v) is 7.15. The summed E-state index contributed by atoms with van der Waals surface area (Å²) in [7, 11) is 2.12.